The van der Waals surface area contributed by atoms with Crippen molar-refractivity contribution in [1.29, 1.82) is 0 Å². The number of nitrogens with zero attached hydrogens (tertiary/aromatic N) is 6. The van der Waals surface area contributed by atoms with E-state index in [0.29, 0.717) is 24.3 Å². The second kappa shape index (κ2) is 10.6. The summed E-state index contributed by atoms with van der Waals surface area (Å²) in [5.74, 6) is 0.221. The van der Waals surface area contributed by atoms with Gasteiger partial charge in [0.1, 0.15) is 0 Å². The summed E-state index contributed by atoms with van der Waals surface area (Å²) < 4.78 is 28.5. The zero-order valence-electron chi connectivity index (χ0n) is 17.9. The summed E-state index contributed by atoms with van der Waals surface area (Å²) in [7, 11) is -3.52. The number of hydrogen-bond acceptors (Lipinski definition) is 7. The van der Waals surface area contributed by atoms with Crippen LogP contribution in [0.4, 0.5) is 0 Å². The number of thioether (sulfide) groups is 1. The first-order chi connectivity index (χ1) is 15.5. The van der Waals surface area contributed by atoms with Crippen LogP contribution in [0.3, 0.4) is 0 Å². The number of sulfonamides is 1. The Labute approximate surface area is 192 Å². The van der Waals surface area contributed by atoms with Gasteiger partial charge < -0.3 is 4.90 Å². The van der Waals surface area contributed by atoms with Gasteiger partial charge in [-0.2, -0.15) is 4.31 Å². The number of amides is 1. The number of carbonyl (C=O) groups excluding carboxylic acids is 1. The molecule has 0 bridgehead atoms. The van der Waals surface area contributed by atoms with Gasteiger partial charge in [-0.25, -0.2) is 13.1 Å². The van der Waals surface area contributed by atoms with Crippen LogP contribution in [-0.4, -0.2) is 75.7 Å². The molecule has 11 heteroatoms. The fourth-order valence-corrected chi connectivity index (χ4v) is 6.08. The van der Waals surface area contributed by atoms with Crippen molar-refractivity contribution >= 4 is 33.8 Å². The van der Waals surface area contributed by atoms with Crippen LogP contribution < -0.4 is 0 Å². The van der Waals surface area contributed by atoms with Crippen LogP contribution in [-0.2, 0) is 14.8 Å². The van der Waals surface area contributed by atoms with E-state index < -0.39 is 10.0 Å². The standard InChI is InChI=1S/C21H28N6O3S2/c28-20(17-31-21-22-23-24-27(21)19-9-5-2-6-10-19)25-12-14-26(15-13-25)32(29,30)16-11-18-7-3-1-4-8-18/h1,3-4,7-8,11,16,19H,2,5-6,9-10,12-15,17H2. The van der Waals surface area contributed by atoms with Crippen LogP contribution in [0.1, 0.15) is 43.7 Å². The summed E-state index contributed by atoms with van der Waals surface area (Å²) in [5, 5.41) is 14.0. The van der Waals surface area contributed by atoms with Crippen LogP contribution in [0.15, 0.2) is 40.9 Å². The van der Waals surface area contributed by atoms with Crippen molar-refractivity contribution < 1.29 is 13.2 Å². The summed E-state index contributed by atoms with van der Waals surface area (Å²) in [5.41, 5.74) is 0.831. The predicted octanol–water partition coefficient (Wildman–Crippen LogP) is 2.42. The lowest BCUT2D eigenvalue weighted by atomic mass is 9.96. The molecule has 0 radical (unpaired) electrons. The summed E-state index contributed by atoms with van der Waals surface area (Å²) in [6.07, 6.45) is 7.36. The maximum absolute atomic E-state index is 12.7. The zero-order valence-corrected chi connectivity index (χ0v) is 19.5. The van der Waals surface area contributed by atoms with Crippen LogP contribution >= 0.6 is 11.8 Å². The largest absolute Gasteiger partial charge is 0.339 e. The van der Waals surface area contributed by atoms with E-state index in [0.717, 1.165) is 18.4 Å². The minimum atomic E-state index is -3.52. The Bertz CT molecular complexity index is 1030. The highest BCUT2D eigenvalue weighted by atomic mass is 32.2. The van der Waals surface area contributed by atoms with Crippen molar-refractivity contribution in [1.82, 2.24) is 29.4 Å². The van der Waals surface area contributed by atoms with E-state index >= 15 is 0 Å². The molecule has 2 aliphatic rings. The SMILES string of the molecule is O=C(CSc1nnnn1C1CCCCC1)N1CCN(S(=O)(=O)C=Cc2ccccc2)CC1. The molecule has 9 nitrogen and oxygen atoms in total. The summed E-state index contributed by atoms with van der Waals surface area (Å²) in [4.78, 5) is 14.4. The maximum Gasteiger partial charge on any atom is 0.236 e. The normalized spacial score (nSPS) is 18.9. The van der Waals surface area contributed by atoms with Gasteiger partial charge >= 0.3 is 0 Å². The van der Waals surface area contributed by atoms with Crippen molar-refractivity contribution in [2.24, 2.45) is 0 Å². The monoisotopic (exact) mass is 476 g/mol. The van der Waals surface area contributed by atoms with E-state index in [9.17, 15) is 13.2 Å². The quantitative estimate of drug-likeness (QED) is 0.566. The number of aromatic nitrogens is 4. The molecule has 1 saturated carbocycles. The van der Waals surface area contributed by atoms with E-state index in [4.69, 9.17) is 0 Å². The molecule has 2 fully saturated rings. The summed E-state index contributed by atoms with van der Waals surface area (Å²) in [6, 6.07) is 9.63. The van der Waals surface area contributed by atoms with Crippen LogP contribution in [0.25, 0.3) is 6.08 Å². The molecule has 0 spiro atoms. The van der Waals surface area contributed by atoms with Gasteiger partial charge in [0.2, 0.25) is 21.1 Å². The number of rotatable bonds is 7. The molecule has 0 unspecified atom stereocenters. The third-order valence-electron chi connectivity index (χ3n) is 5.89. The number of carbonyl (C=O) groups is 1. The van der Waals surface area contributed by atoms with E-state index in [1.54, 1.807) is 11.0 Å². The van der Waals surface area contributed by atoms with E-state index in [1.165, 1.54) is 40.7 Å². The molecule has 1 aliphatic carbocycles. The van der Waals surface area contributed by atoms with Gasteiger partial charge in [0.25, 0.3) is 0 Å². The Hall–Kier alpha value is -2.24. The van der Waals surface area contributed by atoms with Gasteiger partial charge in [-0.1, -0.05) is 61.4 Å². The average molecular weight is 477 g/mol. The summed E-state index contributed by atoms with van der Waals surface area (Å²) >= 11 is 1.35. The number of benzene rings is 1. The van der Waals surface area contributed by atoms with Crippen LogP contribution in [0, 0.1) is 0 Å². The zero-order chi connectivity index (χ0) is 22.4. The highest BCUT2D eigenvalue weighted by Crippen LogP contribution is 2.30. The fourth-order valence-electron chi connectivity index (χ4n) is 4.06. The van der Waals surface area contributed by atoms with Crippen molar-refractivity contribution in [3.05, 3.63) is 41.3 Å². The van der Waals surface area contributed by atoms with Gasteiger partial charge in [-0.05, 0) is 34.9 Å². The van der Waals surface area contributed by atoms with E-state index in [-0.39, 0.29) is 24.7 Å². The minimum absolute atomic E-state index is 0.0231. The molecule has 2 aromatic rings. The predicted molar refractivity (Wildman–Crippen MR) is 123 cm³/mol. The maximum atomic E-state index is 12.7. The number of tetrazole rings is 1. The van der Waals surface area contributed by atoms with E-state index in [1.807, 2.05) is 35.0 Å². The minimum Gasteiger partial charge on any atom is -0.339 e. The van der Waals surface area contributed by atoms with Crippen molar-refractivity contribution in [3.8, 4) is 0 Å². The van der Waals surface area contributed by atoms with Crippen molar-refractivity contribution in [2.45, 2.75) is 43.3 Å². The first-order valence-electron chi connectivity index (χ1n) is 10.9. The van der Waals surface area contributed by atoms with Gasteiger partial charge in [0.15, 0.2) is 0 Å². The first-order valence-corrected chi connectivity index (χ1v) is 13.4. The molecule has 172 valence electrons. The van der Waals surface area contributed by atoms with Crippen LogP contribution in [0.2, 0.25) is 0 Å². The van der Waals surface area contributed by atoms with Gasteiger partial charge in [0, 0.05) is 31.6 Å². The van der Waals surface area contributed by atoms with Gasteiger partial charge in [-0.15, -0.1) is 5.10 Å². The van der Waals surface area contributed by atoms with Crippen LogP contribution in [0.5, 0.6) is 0 Å². The molecule has 2 heterocycles. The third kappa shape index (κ3) is 5.76. The second-order valence-corrected chi connectivity index (χ2v) is 10.8. The Balaban J connectivity index is 1.27. The second-order valence-electron chi connectivity index (χ2n) is 8.02. The van der Waals surface area contributed by atoms with Crippen molar-refractivity contribution in [3.63, 3.8) is 0 Å². The third-order valence-corrected chi connectivity index (χ3v) is 8.37. The Kier molecular flexibility index (Phi) is 7.59. The highest BCUT2D eigenvalue weighted by molar-refractivity contribution is 7.99. The lowest BCUT2D eigenvalue weighted by Crippen LogP contribution is -2.50. The molecular formula is C21H28N6O3S2. The van der Waals surface area contributed by atoms with E-state index in [2.05, 4.69) is 15.5 Å². The molecular weight excluding hydrogens is 448 g/mol. The topological polar surface area (TPSA) is 101 Å². The lowest BCUT2D eigenvalue weighted by molar-refractivity contribution is -0.129. The smallest absolute Gasteiger partial charge is 0.236 e. The Morgan fingerprint density at radius 1 is 1.06 bits per heavy atom. The molecule has 1 amide bonds. The Morgan fingerprint density at radius 2 is 1.78 bits per heavy atom. The lowest BCUT2D eigenvalue weighted by Gasteiger charge is -2.33. The van der Waals surface area contributed by atoms with Gasteiger partial charge in [0.05, 0.1) is 11.8 Å². The molecule has 0 atom stereocenters. The Morgan fingerprint density at radius 3 is 2.50 bits per heavy atom. The summed E-state index contributed by atoms with van der Waals surface area (Å²) in [6.45, 7) is 1.34. The van der Waals surface area contributed by atoms with Crippen molar-refractivity contribution in [2.75, 3.05) is 31.9 Å². The fraction of sp³-hybridized carbons (Fsp3) is 0.524. The number of piperazine rings is 1. The molecule has 1 aromatic heterocycles. The molecule has 32 heavy (non-hydrogen) atoms. The van der Waals surface area contributed by atoms with Gasteiger partial charge in [-0.3, -0.25) is 4.79 Å². The highest BCUT2D eigenvalue weighted by Gasteiger charge is 2.28. The molecule has 1 saturated heterocycles. The number of hydrogen-bond donors (Lipinski definition) is 0. The molecule has 4 rings (SSSR count). The molecule has 1 aliphatic heterocycles. The first kappa shape index (κ1) is 22.9. The molecule has 1 aromatic carbocycles. The molecule has 0 N–H and O–H groups in total. The average Bonchev–Trinajstić information content (AvgIpc) is 3.31.